The number of rotatable bonds is 6. The minimum absolute atomic E-state index is 0.00882. The van der Waals surface area contributed by atoms with Gasteiger partial charge in [0.05, 0.1) is 6.54 Å². The SMILES string of the molecule is Cc1ccc(CN(CCN(C)C)C(=O)c2nonc2N)o1. The summed E-state index contributed by atoms with van der Waals surface area (Å²) in [4.78, 5) is 16.1. The average Bonchev–Trinajstić information content (AvgIpc) is 3.02. The van der Waals surface area contributed by atoms with Crippen LogP contribution in [0.15, 0.2) is 21.2 Å². The summed E-state index contributed by atoms with van der Waals surface area (Å²) in [6.45, 7) is 3.41. The van der Waals surface area contributed by atoms with Crippen molar-refractivity contribution in [2.24, 2.45) is 0 Å². The molecule has 2 N–H and O–H groups in total. The molecule has 2 aromatic heterocycles. The molecule has 0 atom stereocenters. The quantitative estimate of drug-likeness (QED) is 0.838. The number of amides is 1. The number of likely N-dealkylation sites (N-methyl/N-ethyl adjacent to an activating group) is 1. The fourth-order valence-electron chi connectivity index (χ4n) is 1.82. The number of nitrogens with two attached hydrogens (primary N) is 1. The Balaban J connectivity index is 2.15. The third-order valence-electron chi connectivity index (χ3n) is 2.96. The van der Waals surface area contributed by atoms with E-state index in [9.17, 15) is 4.79 Å². The van der Waals surface area contributed by atoms with E-state index in [1.54, 1.807) is 4.90 Å². The second kappa shape index (κ2) is 6.40. The molecule has 1 amide bonds. The summed E-state index contributed by atoms with van der Waals surface area (Å²) in [5.74, 6) is 1.16. The summed E-state index contributed by atoms with van der Waals surface area (Å²) in [5, 5.41) is 7.00. The standard InChI is InChI=1S/C13H19N5O3/c1-9-4-5-10(20-9)8-18(7-6-17(2)3)13(19)11-12(14)16-21-15-11/h4-5H,6-8H2,1-3H3,(H2,14,16). The second-order valence-electron chi connectivity index (χ2n) is 5.04. The van der Waals surface area contributed by atoms with Crippen molar-refractivity contribution in [2.45, 2.75) is 13.5 Å². The molecule has 0 saturated heterocycles. The zero-order valence-electron chi connectivity index (χ0n) is 12.4. The largest absolute Gasteiger partial charge is 0.464 e. The number of aromatic nitrogens is 2. The van der Waals surface area contributed by atoms with Gasteiger partial charge >= 0.3 is 0 Å². The monoisotopic (exact) mass is 293 g/mol. The summed E-state index contributed by atoms with van der Waals surface area (Å²) in [6.07, 6.45) is 0. The van der Waals surface area contributed by atoms with E-state index >= 15 is 0 Å². The maximum atomic E-state index is 12.5. The van der Waals surface area contributed by atoms with Crippen LogP contribution in [0.1, 0.15) is 22.0 Å². The smallest absolute Gasteiger partial charge is 0.280 e. The van der Waals surface area contributed by atoms with Crippen molar-refractivity contribution >= 4 is 11.7 Å². The van der Waals surface area contributed by atoms with Crippen LogP contribution in [0.2, 0.25) is 0 Å². The summed E-state index contributed by atoms with van der Waals surface area (Å²) in [7, 11) is 3.87. The number of carbonyl (C=O) groups is 1. The number of carbonyl (C=O) groups excluding carboxylic acids is 1. The second-order valence-corrected chi connectivity index (χ2v) is 5.04. The molecular formula is C13H19N5O3. The molecule has 8 heteroatoms. The summed E-state index contributed by atoms with van der Waals surface area (Å²) >= 11 is 0. The zero-order chi connectivity index (χ0) is 15.4. The maximum Gasteiger partial charge on any atom is 0.280 e. The highest BCUT2D eigenvalue weighted by atomic mass is 16.6. The lowest BCUT2D eigenvalue weighted by atomic mass is 10.3. The van der Waals surface area contributed by atoms with E-state index in [4.69, 9.17) is 10.2 Å². The third-order valence-corrected chi connectivity index (χ3v) is 2.96. The molecule has 2 aromatic rings. The van der Waals surface area contributed by atoms with E-state index in [1.807, 2.05) is 38.1 Å². The summed E-state index contributed by atoms with van der Waals surface area (Å²) in [5.41, 5.74) is 5.61. The molecule has 0 aliphatic rings. The van der Waals surface area contributed by atoms with Crippen molar-refractivity contribution in [1.29, 1.82) is 0 Å². The van der Waals surface area contributed by atoms with Gasteiger partial charge in [-0.1, -0.05) is 0 Å². The van der Waals surface area contributed by atoms with Crippen molar-refractivity contribution in [3.63, 3.8) is 0 Å². The normalized spacial score (nSPS) is 11.0. The zero-order valence-corrected chi connectivity index (χ0v) is 12.4. The lowest BCUT2D eigenvalue weighted by Gasteiger charge is -2.22. The molecule has 21 heavy (non-hydrogen) atoms. The molecule has 8 nitrogen and oxygen atoms in total. The topological polar surface area (TPSA) is 102 Å². The Labute approximate surface area is 122 Å². The Hall–Kier alpha value is -2.35. The number of anilines is 1. The van der Waals surface area contributed by atoms with Crippen LogP contribution in [0.25, 0.3) is 0 Å². The number of nitrogens with zero attached hydrogens (tertiary/aromatic N) is 4. The lowest BCUT2D eigenvalue weighted by molar-refractivity contribution is 0.0709. The molecule has 0 fully saturated rings. The summed E-state index contributed by atoms with van der Waals surface area (Å²) in [6, 6.07) is 3.70. The molecule has 0 spiro atoms. The average molecular weight is 293 g/mol. The van der Waals surface area contributed by atoms with Gasteiger partial charge in [-0.15, -0.1) is 0 Å². The first-order chi connectivity index (χ1) is 9.97. The number of nitrogen functional groups attached to an aromatic ring is 1. The maximum absolute atomic E-state index is 12.5. The van der Waals surface area contributed by atoms with Gasteiger partial charge in [0.2, 0.25) is 11.5 Å². The fraction of sp³-hybridized carbons (Fsp3) is 0.462. The van der Waals surface area contributed by atoms with Crippen LogP contribution >= 0.6 is 0 Å². The van der Waals surface area contributed by atoms with Gasteiger partial charge in [0.1, 0.15) is 11.5 Å². The summed E-state index contributed by atoms with van der Waals surface area (Å²) < 4.78 is 10.0. The highest BCUT2D eigenvalue weighted by molar-refractivity contribution is 5.96. The highest BCUT2D eigenvalue weighted by Crippen LogP contribution is 2.14. The Kier molecular flexibility index (Phi) is 4.59. The molecule has 2 heterocycles. The van der Waals surface area contributed by atoms with E-state index in [0.717, 1.165) is 5.76 Å². The third kappa shape index (κ3) is 3.82. The van der Waals surface area contributed by atoms with Gasteiger partial charge in [0, 0.05) is 13.1 Å². The minimum atomic E-state index is -0.329. The Bertz CT molecular complexity index is 604. The molecule has 0 aliphatic heterocycles. The molecule has 0 aliphatic carbocycles. The Morgan fingerprint density at radius 3 is 2.57 bits per heavy atom. The van der Waals surface area contributed by atoms with Crippen LogP contribution < -0.4 is 5.73 Å². The van der Waals surface area contributed by atoms with E-state index in [0.29, 0.717) is 25.4 Å². The number of hydrogen-bond donors (Lipinski definition) is 1. The van der Waals surface area contributed by atoms with Gasteiger partial charge < -0.3 is 20.0 Å². The fourth-order valence-corrected chi connectivity index (χ4v) is 1.82. The van der Waals surface area contributed by atoms with Gasteiger partial charge in [-0.25, -0.2) is 4.63 Å². The van der Waals surface area contributed by atoms with Crippen LogP contribution in [0.5, 0.6) is 0 Å². The number of hydrogen-bond acceptors (Lipinski definition) is 7. The minimum Gasteiger partial charge on any atom is -0.464 e. The molecule has 114 valence electrons. The molecule has 0 bridgehead atoms. The van der Waals surface area contributed by atoms with Gasteiger partial charge in [0.25, 0.3) is 5.91 Å². The van der Waals surface area contributed by atoms with Gasteiger partial charge in [0.15, 0.2) is 0 Å². The van der Waals surface area contributed by atoms with Crippen molar-refractivity contribution in [3.8, 4) is 0 Å². The van der Waals surface area contributed by atoms with E-state index in [1.165, 1.54) is 0 Å². The van der Waals surface area contributed by atoms with E-state index in [-0.39, 0.29) is 17.4 Å². The van der Waals surface area contributed by atoms with Gasteiger partial charge in [-0.3, -0.25) is 4.79 Å². The first-order valence-corrected chi connectivity index (χ1v) is 6.54. The van der Waals surface area contributed by atoms with Crippen LogP contribution in [-0.4, -0.2) is 53.2 Å². The Morgan fingerprint density at radius 1 is 1.29 bits per heavy atom. The number of aryl methyl sites for hydroxylation is 1. The van der Waals surface area contributed by atoms with Gasteiger partial charge in [-0.05, 0) is 43.5 Å². The lowest BCUT2D eigenvalue weighted by Crippen LogP contribution is -2.36. The van der Waals surface area contributed by atoms with Crippen molar-refractivity contribution in [1.82, 2.24) is 20.1 Å². The van der Waals surface area contributed by atoms with Crippen LogP contribution in [-0.2, 0) is 6.54 Å². The van der Waals surface area contributed by atoms with E-state index < -0.39 is 0 Å². The number of furan rings is 1. The molecule has 0 aromatic carbocycles. The van der Waals surface area contributed by atoms with Gasteiger partial charge in [-0.2, -0.15) is 0 Å². The van der Waals surface area contributed by atoms with E-state index in [2.05, 4.69) is 14.9 Å². The highest BCUT2D eigenvalue weighted by Gasteiger charge is 2.23. The Morgan fingerprint density at radius 2 is 2.05 bits per heavy atom. The van der Waals surface area contributed by atoms with Crippen molar-refractivity contribution in [3.05, 3.63) is 29.3 Å². The predicted octanol–water partition coefficient (Wildman–Crippen LogP) is 0.757. The molecule has 0 saturated carbocycles. The van der Waals surface area contributed by atoms with Crippen LogP contribution in [0, 0.1) is 6.92 Å². The molecule has 2 rings (SSSR count). The first-order valence-electron chi connectivity index (χ1n) is 6.54. The first kappa shape index (κ1) is 15.0. The van der Waals surface area contributed by atoms with Crippen molar-refractivity contribution < 1.29 is 13.8 Å². The van der Waals surface area contributed by atoms with Crippen LogP contribution in [0.3, 0.4) is 0 Å². The molecule has 0 radical (unpaired) electrons. The molecular weight excluding hydrogens is 274 g/mol. The predicted molar refractivity (Wildman–Crippen MR) is 75.4 cm³/mol. The van der Waals surface area contributed by atoms with Crippen LogP contribution in [0.4, 0.5) is 5.82 Å². The molecule has 0 unspecified atom stereocenters. The van der Waals surface area contributed by atoms with Crippen molar-refractivity contribution in [2.75, 3.05) is 32.9 Å².